The van der Waals surface area contributed by atoms with Crippen LogP contribution >= 0.6 is 0 Å². The first-order valence-electron chi connectivity index (χ1n) is 11.1. The number of carbonyl (C=O) groups excluding carboxylic acids is 2. The van der Waals surface area contributed by atoms with Crippen LogP contribution in [0.5, 0.6) is 0 Å². The first-order chi connectivity index (χ1) is 15.3. The number of carbonyl (C=O) groups is 2. The number of fused-ring (bicyclic) bond motifs is 1. The molecule has 0 saturated carbocycles. The number of pyridine rings is 1. The fourth-order valence-corrected chi connectivity index (χ4v) is 4.47. The van der Waals surface area contributed by atoms with Crippen molar-refractivity contribution in [1.29, 1.82) is 0 Å². The van der Waals surface area contributed by atoms with Crippen molar-refractivity contribution in [3.63, 3.8) is 0 Å². The number of aromatic nitrogens is 4. The van der Waals surface area contributed by atoms with Crippen LogP contribution in [0.15, 0.2) is 30.5 Å². The van der Waals surface area contributed by atoms with Crippen LogP contribution in [0.4, 0.5) is 0 Å². The quantitative estimate of drug-likeness (QED) is 0.614. The highest BCUT2D eigenvalue weighted by atomic mass is 16.2. The van der Waals surface area contributed by atoms with Crippen molar-refractivity contribution in [3.05, 3.63) is 58.8 Å². The largest absolute Gasteiger partial charge is 0.344 e. The molecule has 1 aliphatic heterocycles. The number of hydrogen-bond donors (Lipinski definition) is 0. The summed E-state index contributed by atoms with van der Waals surface area (Å²) in [6.07, 6.45) is 3.25. The Balaban J connectivity index is 1.47. The number of rotatable bonds is 5. The molecule has 0 unspecified atom stereocenters. The Morgan fingerprint density at radius 2 is 2.00 bits per heavy atom. The van der Waals surface area contributed by atoms with E-state index in [1.165, 1.54) is 0 Å². The molecule has 1 fully saturated rings. The van der Waals surface area contributed by atoms with Crippen molar-refractivity contribution in [2.24, 2.45) is 5.92 Å². The SMILES string of the molecule is Cc1cc2nc(C)c(CCC(=O)N3CCN(C)C(=O)[C@H](Cc4ccccn4)C3)c(C)n2n1. The number of aryl methyl sites for hydroxylation is 3. The molecule has 8 nitrogen and oxygen atoms in total. The number of nitrogens with zero attached hydrogens (tertiary/aromatic N) is 6. The Kier molecular flexibility index (Phi) is 6.21. The minimum Gasteiger partial charge on any atom is -0.344 e. The van der Waals surface area contributed by atoms with Crippen molar-refractivity contribution in [2.45, 2.75) is 40.0 Å². The molecular formula is C24H30N6O2. The third-order valence-electron chi connectivity index (χ3n) is 6.28. The summed E-state index contributed by atoms with van der Waals surface area (Å²) in [5.74, 6) is -0.147. The first-order valence-corrected chi connectivity index (χ1v) is 11.1. The van der Waals surface area contributed by atoms with Crippen LogP contribution in [0.3, 0.4) is 0 Å². The summed E-state index contributed by atoms with van der Waals surface area (Å²) in [6, 6.07) is 7.67. The van der Waals surface area contributed by atoms with E-state index in [-0.39, 0.29) is 17.7 Å². The zero-order valence-corrected chi connectivity index (χ0v) is 19.2. The van der Waals surface area contributed by atoms with Gasteiger partial charge in [-0.15, -0.1) is 0 Å². The monoisotopic (exact) mass is 434 g/mol. The average molecular weight is 435 g/mol. The molecule has 1 saturated heterocycles. The van der Waals surface area contributed by atoms with Gasteiger partial charge in [-0.05, 0) is 44.9 Å². The maximum atomic E-state index is 13.2. The summed E-state index contributed by atoms with van der Waals surface area (Å²) >= 11 is 0. The lowest BCUT2D eigenvalue weighted by Gasteiger charge is -2.23. The average Bonchev–Trinajstić information content (AvgIpc) is 3.09. The first kappa shape index (κ1) is 21.9. The summed E-state index contributed by atoms with van der Waals surface area (Å²) < 4.78 is 1.85. The zero-order chi connectivity index (χ0) is 22.8. The van der Waals surface area contributed by atoms with E-state index in [4.69, 9.17) is 0 Å². The van der Waals surface area contributed by atoms with Gasteiger partial charge in [0.05, 0.1) is 11.6 Å². The van der Waals surface area contributed by atoms with E-state index in [1.54, 1.807) is 18.1 Å². The second kappa shape index (κ2) is 9.06. The molecule has 4 heterocycles. The van der Waals surface area contributed by atoms with Crippen molar-refractivity contribution >= 4 is 17.5 Å². The van der Waals surface area contributed by atoms with Crippen molar-refractivity contribution in [3.8, 4) is 0 Å². The molecule has 8 heteroatoms. The van der Waals surface area contributed by atoms with E-state index in [2.05, 4.69) is 15.1 Å². The van der Waals surface area contributed by atoms with E-state index in [1.807, 2.05) is 54.5 Å². The van der Waals surface area contributed by atoms with Gasteiger partial charge < -0.3 is 9.80 Å². The molecule has 2 amide bonds. The zero-order valence-electron chi connectivity index (χ0n) is 19.2. The lowest BCUT2D eigenvalue weighted by atomic mass is 10.0. The van der Waals surface area contributed by atoms with Crippen LogP contribution in [-0.4, -0.2) is 67.9 Å². The van der Waals surface area contributed by atoms with Gasteiger partial charge in [0.25, 0.3) is 0 Å². The molecule has 0 bridgehead atoms. The summed E-state index contributed by atoms with van der Waals surface area (Å²) in [4.78, 5) is 38.6. The van der Waals surface area contributed by atoms with Crippen LogP contribution in [0.25, 0.3) is 5.65 Å². The molecule has 0 N–H and O–H groups in total. The van der Waals surface area contributed by atoms with Gasteiger partial charge in [-0.25, -0.2) is 9.50 Å². The lowest BCUT2D eigenvalue weighted by Crippen LogP contribution is -2.37. The lowest BCUT2D eigenvalue weighted by molar-refractivity contribution is -0.134. The Morgan fingerprint density at radius 3 is 2.75 bits per heavy atom. The molecule has 0 aliphatic carbocycles. The number of likely N-dealkylation sites (N-methyl/N-ethyl adjacent to an activating group) is 1. The van der Waals surface area contributed by atoms with Crippen molar-refractivity contribution in [1.82, 2.24) is 29.4 Å². The van der Waals surface area contributed by atoms with Crippen LogP contribution < -0.4 is 0 Å². The highest BCUT2D eigenvalue weighted by Gasteiger charge is 2.31. The summed E-state index contributed by atoms with van der Waals surface area (Å²) in [5, 5.41) is 4.52. The molecule has 168 valence electrons. The van der Waals surface area contributed by atoms with E-state index in [0.29, 0.717) is 38.9 Å². The molecule has 32 heavy (non-hydrogen) atoms. The molecule has 1 aliphatic rings. The molecular weight excluding hydrogens is 404 g/mol. The van der Waals surface area contributed by atoms with Crippen LogP contribution in [0, 0.1) is 26.7 Å². The van der Waals surface area contributed by atoms with E-state index >= 15 is 0 Å². The molecule has 1 atom stereocenters. The minimum atomic E-state index is -0.283. The fourth-order valence-electron chi connectivity index (χ4n) is 4.47. The highest BCUT2D eigenvalue weighted by Crippen LogP contribution is 2.19. The van der Waals surface area contributed by atoms with E-state index in [0.717, 1.165) is 34.0 Å². The Bertz CT molecular complexity index is 1140. The molecule has 4 rings (SSSR count). The Morgan fingerprint density at radius 1 is 1.19 bits per heavy atom. The summed E-state index contributed by atoms with van der Waals surface area (Å²) in [5.41, 5.74) is 5.63. The predicted octanol–water partition coefficient (Wildman–Crippen LogP) is 2.14. The van der Waals surface area contributed by atoms with Crippen LogP contribution in [0.1, 0.15) is 34.8 Å². The number of amides is 2. The second-order valence-electron chi connectivity index (χ2n) is 8.64. The van der Waals surface area contributed by atoms with Crippen molar-refractivity contribution < 1.29 is 9.59 Å². The fraction of sp³-hybridized carbons (Fsp3) is 0.458. The molecule has 0 spiro atoms. The van der Waals surface area contributed by atoms with Gasteiger partial charge in [-0.1, -0.05) is 6.07 Å². The topological polar surface area (TPSA) is 83.7 Å². The molecule has 0 radical (unpaired) electrons. The van der Waals surface area contributed by atoms with Gasteiger partial charge >= 0.3 is 0 Å². The Hall–Kier alpha value is -3.29. The molecule has 3 aromatic heterocycles. The number of hydrogen-bond acceptors (Lipinski definition) is 5. The van der Waals surface area contributed by atoms with Gasteiger partial charge in [0.15, 0.2) is 5.65 Å². The second-order valence-corrected chi connectivity index (χ2v) is 8.64. The Labute approximate surface area is 188 Å². The minimum absolute atomic E-state index is 0.0645. The third-order valence-corrected chi connectivity index (χ3v) is 6.28. The van der Waals surface area contributed by atoms with E-state index in [9.17, 15) is 9.59 Å². The summed E-state index contributed by atoms with van der Waals surface area (Å²) in [6.45, 7) is 7.47. The molecule has 3 aromatic rings. The third kappa shape index (κ3) is 4.49. The smallest absolute Gasteiger partial charge is 0.227 e. The van der Waals surface area contributed by atoms with Crippen LogP contribution in [-0.2, 0) is 22.4 Å². The van der Waals surface area contributed by atoms with Gasteiger partial charge in [-0.2, -0.15) is 5.10 Å². The maximum Gasteiger partial charge on any atom is 0.227 e. The van der Waals surface area contributed by atoms with Gasteiger partial charge in [0.1, 0.15) is 0 Å². The maximum absolute atomic E-state index is 13.2. The highest BCUT2D eigenvalue weighted by molar-refractivity contribution is 5.82. The van der Waals surface area contributed by atoms with Gasteiger partial charge in [-0.3, -0.25) is 14.6 Å². The van der Waals surface area contributed by atoms with Crippen LogP contribution in [0.2, 0.25) is 0 Å². The predicted molar refractivity (Wildman–Crippen MR) is 121 cm³/mol. The summed E-state index contributed by atoms with van der Waals surface area (Å²) in [7, 11) is 1.81. The van der Waals surface area contributed by atoms with Crippen molar-refractivity contribution in [2.75, 3.05) is 26.7 Å². The van der Waals surface area contributed by atoms with E-state index < -0.39 is 0 Å². The standard InChI is InChI=1S/C24H30N6O2/c1-16-13-22-26-17(2)21(18(3)30(22)27-16)8-9-23(31)29-12-11-28(4)24(32)19(15-29)14-20-7-5-6-10-25-20/h5-7,10,13,19H,8-9,11-12,14-15H2,1-4H3/t19-/m1/s1. The molecule has 0 aromatic carbocycles. The van der Waals surface area contributed by atoms with Gasteiger partial charge in [0, 0.05) is 68.9 Å². The normalized spacial score (nSPS) is 17.1. The van der Waals surface area contributed by atoms with Gasteiger partial charge in [0.2, 0.25) is 11.8 Å².